The molecule has 0 unspecified atom stereocenters. The SMILES string of the molecule is C.COC(=O)c1ccc(C)c(-n2c(C)cc(O)c(Br)c2=O)c1.COC(=O)c1ccc(C)c(-n2c(C)cc(OCc3ccc(F)cc3F)c(Br)c2=O)c1.Fc1ccc(CCl)c(F)c1.O=CO[O-].[Cl-].[K+].[K+]. The van der Waals surface area contributed by atoms with Gasteiger partial charge in [-0.1, -0.05) is 25.6 Å². The number of alkyl halides is 1. The summed E-state index contributed by atoms with van der Waals surface area (Å²) in [4.78, 5) is 60.2. The molecule has 0 saturated heterocycles. The molecule has 0 fully saturated rings. The maximum absolute atomic E-state index is 13.8. The standard InChI is InChI=1S/C22H18BrF2NO4.C15H14BrNO4.C7H5ClF2.CH2O3.CH4.ClH.2K/c1-12-4-5-14(22(28)29-3)9-18(12)26-13(2)8-19(20(23)21(26)27)30-11-15-6-7-16(24)10-17(15)25;1-8-4-5-10(15(20)21-3)7-11(8)17-9(2)6-12(18)13(16)14(17)19;8-4-5-1-2-6(9)3-7(5)10;2-1-4-3;;;;/h4-10H,11H2,1-3H3;4-7,18H,1-3H3;1-3H,4H2;1,3H;1H4;1H;;/q;;;;;;2*+1/p-2. The van der Waals surface area contributed by atoms with Crippen molar-refractivity contribution in [2.45, 2.75) is 47.6 Å². The van der Waals surface area contributed by atoms with E-state index in [0.29, 0.717) is 39.5 Å². The zero-order valence-corrected chi connectivity index (χ0v) is 48.5. The van der Waals surface area contributed by atoms with Gasteiger partial charge < -0.3 is 41.9 Å². The van der Waals surface area contributed by atoms with Crippen LogP contribution in [0.5, 0.6) is 11.5 Å². The Labute approximate surface area is 507 Å². The molecule has 6 rings (SSSR count). The van der Waals surface area contributed by atoms with Crippen molar-refractivity contribution in [1.82, 2.24) is 9.13 Å². The predicted molar refractivity (Wildman–Crippen MR) is 243 cm³/mol. The van der Waals surface area contributed by atoms with Gasteiger partial charge in [-0.25, -0.2) is 27.2 Å². The van der Waals surface area contributed by atoms with E-state index in [1.54, 1.807) is 56.3 Å². The van der Waals surface area contributed by atoms with Crippen molar-refractivity contribution in [3.05, 3.63) is 183 Å². The van der Waals surface area contributed by atoms with Gasteiger partial charge in [0.2, 0.25) is 0 Å². The second-order valence-electron chi connectivity index (χ2n) is 13.3. The van der Waals surface area contributed by atoms with Gasteiger partial charge in [0.15, 0.2) is 0 Å². The van der Waals surface area contributed by atoms with Gasteiger partial charge in [0.05, 0.1) is 42.6 Å². The van der Waals surface area contributed by atoms with Crippen LogP contribution >= 0.6 is 43.5 Å². The molecule has 0 aliphatic carbocycles. The fourth-order valence-corrected chi connectivity index (χ4v) is 6.61. The summed E-state index contributed by atoms with van der Waals surface area (Å²) in [6, 6.07) is 19.5. The Morgan fingerprint density at radius 1 is 0.696 bits per heavy atom. The molecule has 0 aliphatic heterocycles. The van der Waals surface area contributed by atoms with Crippen LogP contribution in [0.1, 0.15) is 61.8 Å². The van der Waals surface area contributed by atoms with Crippen LogP contribution < -0.4 is 136 Å². The van der Waals surface area contributed by atoms with Gasteiger partial charge >= 0.3 is 115 Å². The van der Waals surface area contributed by atoms with Crippen molar-refractivity contribution < 1.29 is 177 Å². The third-order valence-electron chi connectivity index (χ3n) is 8.95. The van der Waals surface area contributed by atoms with E-state index in [2.05, 4.69) is 36.7 Å². The Hall–Kier alpha value is -2.72. The maximum Gasteiger partial charge on any atom is 1.00 e. The summed E-state index contributed by atoms with van der Waals surface area (Å²) in [6.45, 7) is 6.71. The Morgan fingerprint density at radius 3 is 1.49 bits per heavy atom. The van der Waals surface area contributed by atoms with Gasteiger partial charge in [-0.15, -0.1) is 11.6 Å². The third kappa shape index (κ3) is 19.0. The molecule has 0 radical (unpaired) electrons. The summed E-state index contributed by atoms with van der Waals surface area (Å²) in [5.41, 5.74) is 4.16. The fourth-order valence-electron chi connectivity index (χ4n) is 5.69. The van der Waals surface area contributed by atoms with Gasteiger partial charge in [-0.05, 0) is 113 Å². The molecule has 360 valence electrons. The second kappa shape index (κ2) is 33.1. The number of methoxy groups -OCH3 is 2. The predicted octanol–water partition coefficient (Wildman–Crippen LogP) is 0.356. The number of halogens is 8. The third-order valence-corrected chi connectivity index (χ3v) is 10.7. The molecule has 4 aromatic carbocycles. The van der Waals surface area contributed by atoms with Crippen LogP contribution in [0.15, 0.2) is 103 Å². The summed E-state index contributed by atoms with van der Waals surface area (Å²) in [5.74, 6) is -3.38. The summed E-state index contributed by atoms with van der Waals surface area (Å²) in [6.07, 6.45) is 0. The van der Waals surface area contributed by atoms with Crippen LogP contribution in [-0.2, 0) is 31.6 Å². The van der Waals surface area contributed by atoms with Crippen LogP contribution in [0, 0.1) is 51.0 Å². The number of pyridine rings is 2. The molecule has 2 heterocycles. The molecule has 0 bridgehead atoms. The number of aromatic nitrogens is 2. The van der Waals surface area contributed by atoms with Crippen molar-refractivity contribution in [3.63, 3.8) is 0 Å². The van der Waals surface area contributed by atoms with E-state index in [1.807, 2.05) is 13.8 Å². The number of carbonyl (C=O) groups excluding carboxylic acids is 3. The van der Waals surface area contributed by atoms with E-state index < -0.39 is 46.3 Å². The largest absolute Gasteiger partial charge is 1.00 e. The maximum atomic E-state index is 13.8. The number of hydrogen-bond acceptors (Lipinski definition) is 11. The van der Waals surface area contributed by atoms with Crippen LogP contribution in [0.25, 0.3) is 11.4 Å². The Kier molecular flexibility index (Phi) is 32.8. The number of rotatable bonds is 9. The van der Waals surface area contributed by atoms with E-state index in [4.69, 9.17) is 35.9 Å². The molecule has 13 nitrogen and oxygen atoms in total. The number of aromatic hydroxyl groups is 1. The molecule has 6 aromatic rings. The number of hydrogen-bond donors (Lipinski definition) is 1. The molecular weight excluding hydrogens is 1140 g/mol. The Bertz CT molecular complexity index is 2840. The molecule has 0 aliphatic rings. The summed E-state index contributed by atoms with van der Waals surface area (Å²) in [5, 5.41) is 18.1. The summed E-state index contributed by atoms with van der Waals surface area (Å²) >= 11 is 11.6. The van der Waals surface area contributed by atoms with Crippen molar-refractivity contribution in [3.8, 4) is 22.9 Å². The smallest absolute Gasteiger partial charge is 1.00 e. The van der Waals surface area contributed by atoms with Gasteiger partial charge in [-0.3, -0.25) is 23.5 Å². The van der Waals surface area contributed by atoms with Gasteiger partial charge in [0, 0.05) is 46.8 Å². The van der Waals surface area contributed by atoms with Crippen molar-refractivity contribution in [2.75, 3.05) is 14.2 Å². The van der Waals surface area contributed by atoms with Crippen LogP contribution in [0.2, 0.25) is 0 Å². The summed E-state index contributed by atoms with van der Waals surface area (Å²) in [7, 11) is 2.59. The fraction of sp³-hybridized carbons (Fsp3) is 0.196. The van der Waals surface area contributed by atoms with Gasteiger partial charge in [-0.2, -0.15) is 0 Å². The number of carbonyl (C=O) groups is 3. The first-order valence-electron chi connectivity index (χ1n) is 18.5. The Balaban J connectivity index is 0. The van der Waals surface area contributed by atoms with E-state index in [1.165, 1.54) is 47.6 Å². The first-order valence-corrected chi connectivity index (χ1v) is 20.6. The second-order valence-corrected chi connectivity index (χ2v) is 15.2. The van der Waals surface area contributed by atoms with Crippen molar-refractivity contribution in [1.29, 1.82) is 0 Å². The number of esters is 2. The van der Waals surface area contributed by atoms with E-state index in [9.17, 15) is 41.8 Å². The number of aryl methyl sites for hydroxylation is 4. The zero-order valence-electron chi connectivity index (χ0n) is 37.5. The minimum atomic E-state index is -0.730. The monoisotopic (exact) mass is 1180 g/mol. The molecule has 1 N–H and O–H groups in total. The van der Waals surface area contributed by atoms with Gasteiger partial charge in [0.1, 0.15) is 50.3 Å². The molecule has 0 saturated carbocycles. The van der Waals surface area contributed by atoms with Crippen molar-refractivity contribution in [2.24, 2.45) is 0 Å². The zero-order chi connectivity index (χ0) is 48.7. The number of nitrogens with zero attached hydrogens (tertiary/aromatic N) is 2. The minimum absolute atomic E-state index is 0. The van der Waals surface area contributed by atoms with Crippen molar-refractivity contribution >= 4 is 61.9 Å². The molecular formula is C46H42Br2Cl2F4K2N2O11. The molecule has 2 aromatic heterocycles. The first kappa shape index (κ1) is 68.4. The topological polar surface area (TPSA) is 175 Å². The molecule has 23 heteroatoms. The molecule has 0 atom stereocenters. The number of benzene rings is 4. The summed E-state index contributed by atoms with van der Waals surface area (Å²) < 4.78 is 69.8. The van der Waals surface area contributed by atoms with Crippen LogP contribution in [0.4, 0.5) is 17.6 Å². The van der Waals surface area contributed by atoms with E-state index in [0.717, 1.165) is 29.3 Å². The first-order chi connectivity index (χ1) is 30.7. The quantitative estimate of drug-likeness (QED) is 0.0403. The average Bonchev–Trinajstić information content (AvgIpc) is 3.28. The average molecular weight is 1180 g/mol. The van der Waals surface area contributed by atoms with E-state index in [-0.39, 0.29) is 168 Å². The Morgan fingerprint density at radius 2 is 1.10 bits per heavy atom. The minimum Gasteiger partial charge on any atom is -1.00 e. The number of ether oxygens (including phenoxy) is 3. The van der Waals surface area contributed by atoms with Gasteiger partial charge in [0.25, 0.3) is 17.6 Å². The normalized spacial score (nSPS) is 9.59. The molecule has 69 heavy (non-hydrogen) atoms. The molecule has 0 spiro atoms. The van der Waals surface area contributed by atoms with Crippen LogP contribution in [0.3, 0.4) is 0 Å². The van der Waals surface area contributed by atoms with Crippen LogP contribution in [-0.4, -0.2) is 46.9 Å². The van der Waals surface area contributed by atoms with E-state index >= 15 is 0 Å². The molecule has 0 amide bonds.